The third kappa shape index (κ3) is 7.43. The predicted molar refractivity (Wildman–Crippen MR) is 176 cm³/mol. The molecule has 0 fully saturated rings. The molecule has 0 bridgehead atoms. The van der Waals surface area contributed by atoms with Gasteiger partial charge in [-0.15, -0.1) is 0 Å². The van der Waals surface area contributed by atoms with Gasteiger partial charge in [-0.1, -0.05) is 111 Å². The van der Waals surface area contributed by atoms with E-state index >= 15 is 0 Å². The minimum absolute atomic E-state index is 0.0162. The Labute approximate surface area is 251 Å². The number of benzene rings is 4. The standard InChI is InChI=1S/C35H40O3SSi2/c1-7-35(26-27-14-10-8-11-15-27,38-41(5,6)40(2,3)4)34(37)30-20-24-32(25-21-30)39-31-22-18-29(19-23-31)33(36)28-16-12-9-13-17-28/h8-25H,7,26H2,1-6H3. The first-order chi connectivity index (χ1) is 19.4. The number of Topliss-reactive ketones (excluding diaryl/α,β-unsaturated/α-hetero) is 1. The summed E-state index contributed by atoms with van der Waals surface area (Å²) in [6.45, 7) is 13.7. The highest BCUT2D eigenvalue weighted by Crippen LogP contribution is 2.35. The molecule has 4 rings (SSSR count). The van der Waals surface area contributed by atoms with E-state index in [0.717, 1.165) is 15.4 Å². The number of carbonyl (C=O) groups excluding carboxylic acids is 2. The van der Waals surface area contributed by atoms with Crippen molar-refractivity contribution in [2.75, 3.05) is 0 Å². The molecule has 0 aromatic heterocycles. The minimum Gasteiger partial charge on any atom is -0.407 e. The van der Waals surface area contributed by atoms with Gasteiger partial charge in [-0.3, -0.25) is 9.59 Å². The monoisotopic (exact) mass is 596 g/mol. The second-order valence-electron chi connectivity index (χ2n) is 12.0. The number of rotatable bonds is 12. The lowest BCUT2D eigenvalue weighted by Gasteiger charge is -2.44. The summed E-state index contributed by atoms with van der Waals surface area (Å²) in [5.74, 6) is 0.0746. The molecule has 0 heterocycles. The molecule has 0 spiro atoms. The molecule has 212 valence electrons. The van der Waals surface area contributed by atoms with Crippen molar-refractivity contribution in [2.24, 2.45) is 0 Å². The Morgan fingerprint density at radius 1 is 0.659 bits per heavy atom. The maximum Gasteiger partial charge on any atom is 0.193 e. The highest BCUT2D eigenvalue weighted by Gasteiger charge is 2.48. The van der Waals surface area contributed by atoms with Gasteiger partial charge in [-0.25, -0.2) is 0 Å². The zero-order valence-corrected chi connectivity index (χ0v) is 27.8. The Morgan fingerprint density at radius 3 is 1.61 bits per heavy atom. The molecule has 0 saturated heterocycles. The first-order valence-corrected chi connectivity index (χ1v) is 22.4. The van der Waals surface area contributed by atoms with Crippen molar-refractivity contribution >= 4 is 38.8 Å². The Balaban J connectivity index is 1.54. The number of carbonyl (C=O) groups is 2. The lowest BCUT2D eigenvalue weighted by atomic mass is 9.84. The second kappa shape index (κ2) is 12.9. The molecule has 0 N–H and O–H groups in total. The number of hydrogen-bond acceptors (Lipinski definition) is 4. The molecule has 0 aliphatic heterocycles. The summed E-state index contributed by atoms with van der Waals surface area (Å²) in [4.78, 5) is 29.1. The van der Waals surface area contributed by atoms with Crippen molar-refractivity contribution in [3.8, 4) is 0 Å². The van der Waals surface area contributed by atoms with Crippen LogP contribution in [-0.4, -0.2) is 32.6 Å². The van der Waals surface area contributed by atoms with Crippen molar-refractivity contribution in [2.45, 2.75) is 67.9 Å². The lowest BCUT2D eigenvalue weighted by molar-refractivity contribution is 0.0406. The molecule has 1 unspecified atom stereocenters. The summed E-state index contributed by atoms with van der Waals surface area (Å²) in [6.07, 6.45) is 1.18. The van der Waals surface area contributed by atoms with Gasteiger partial charge in [0.15, 0.2) is 19.4 Å². The Bertz CT molecular complexity index is 1460. The van der Waals surface area contributed by atoms with Gasteiger partial charge in [-0.2, -0.15) is 0 Å². The fourth-order valence-corrected chi connectivity index (χ4v) is 8.50. The molecule has 0 saturated carbocycles. The van der Waals surface area contributed by atoms with Crippen molar-refractivity contribution in [1.29, 1.82) is 0 Å². The molecule has 0 amide bonds. The predicted octanol–water partition coefficient (Wildman–Crippen LogP) is 9.28. The zero-order valence-electron chi connectivity index (χ0n) is 24.9. The van der Waals surface area contributed by atoms with E-state index in [-0.39, 0.29) is 11.6 Å². The van der Waals surface area contributed by atoms with E-state index in [9.17, 15) is 9.59 Å². The lowest BCUT2D eigenvalue weighted by Crippen LogP contribution is -2.61. The van der Waals surface area contributed by atoms with E-state index in [2.05, 4.69) is 51.8 Å². The fraction of sp³-hybridized carbons (Fsp3) is 0.257. The highest BCUT2D eigenvalue weighted by atomic mass is 32.2. The van der Waals surface area contributed by atoms with Crippen LogP contribution in [0, 0.1) is 0 Å². The molecule has 4 aromatic carbocycles. The van der Waals surface area contributed by atoms with Crippen LogP contribution in [-0.2, 0) is 10.8 Å². The molecular formula is C35H40O3SSi2. The summed E-state index contributed by atoms with van der Waals surface area (Å²) >= 11 is 1.61. The van der Waals surface area contributed by atoms with Crippen molar-refractivity contribution in [1.82, 2.24) is 0 Å². The topological polar surface area (TPSA) is 43.4 Å². The van der Waals surface area contributed by atoms with E-state index in [1.807, 2.05) is 97.1 Å². The van der Waals surface area contributed by atoms with Gasteiger partial charge in [0, 0.05) is 32.9 Å². The molecule has 3 nitrogen and oxygen atoms in total. The van der Waals surface area contributed by atoms with Crippen LogP contribution >= 0.6 is 11.8 Å². The van der Waals surface area contributed by atoms with Crippen LogP contribution in [0.25, 0.3) is 0 Å². The summed E-state index contributed by atoms with van der Waals surface area (Å²) in [7, 11) is -3.74. The van der Waals surface area contributed by atoms with Gasteiger partial charge in [0.05, 0.1) is 7.59 Å². The first-order valence-electron chi connectivity index (χ1n) is 14.2. The van der Waals surface area contributed by atoms with E-state index in [1.165, 1.54) is 0 Å². The van der Waals surface area contributed by atoms with Crippen LogP contribution < -0.4 is 0 Å². The molecule has 4 aromatic rings. The van der Waals surface area contributed by atoms with Gasteiger partial charge in [0.1, 0.15) is 5.60 Å². The van der Waals surface area contributed by atoms with Gasteiger partial charge >= 0.3 is 0 Å². The number of hydrogen-bond donors (Lipinski definition) is 0. The van der Waals surface area contributed by atoms with Crippen LogP contribution in [0.3, 0.4) is 0 Å². The average Bonchev–Trinajstić information content (AvgIpc) is 2.97. The molecule has 1 atom stereocenters. The maximum atomic E-state index is 14.3. The Hall–Kier alpha value is -3.04. The van der Waals surface area contributed by atoms with E-state index in [4.69, 9.17) is 4.43 Å². The van der Waals surface area contributed by atoms with Crippen LogP contribution in [0.1, 0.15) is 45.2 Å². The second-order valence-corrected chi connectivity index (χ2v) is 29.0. The van der Waals surface area contributed by atoms with Crippen molar-refractivity contribution in [3.63, 3.8) is 0 Å². The van der Waals surface area contributed by atoms with Crippen LogP contribution in [0.5, 0.6) is 0 Å². The Kier molecular flexibility index (Phi) is 9.70. The highest BCUT2D eigenvalue weighted by molar-refractivity contribution is 7.99. The minimum atomic E-state index is -2.12. The molecule has 6 heteroatoms. The first kappa shape index (κ1) is 30.9. The summed E-state index contributed by atoms with van der Waals surface area (Å²) in [5.41, 5.74) is 2.25. The number of ketones is 2. The van der Waals surface area contributed by atoms with Crippen molar-refractivity contribution < 1.29 is 14.0 Å². The average molecular weight is 597 g/mol. The summed E-state index contributed by atoms with van der Waals surface area (Å²) in [5, 5.41) is 0. The van der Waals surface area contributed by atoms with Gasteiger partial charge < -0.3 is 4.43 Å². The molecule has 0 aliphatic rings. The molecule has 0 aliphatic carbocycles. The molecule has 41 heavy (non-hydrogen) atoms. The fourth-order valence-electron chi connectivity index (χ4n) is 4.59. The smallest absolute Gasteiger partial charge is 0.193 e. The summed E-state index contributed by atoms with van der Waals surface area (Å²) < 4.78 is 7.07. The van der Waals surface area contributed by atoms with Gasteiger partial charge in [0.25, 0.3) is 0 Å². The van der Waals surface area contributed by atoms with Crippen LogP contribution in [0.4, 0.5) is 0 Å². The summed E-state index contributed by atoms with van der Waals surface area (Å²) in [6, 6.07) is 35.1. The van der Waals surface area contributed by atoms with Crippen LogP contribution in [0.15, 0.2) is 119 Å². The molecular weight excluding hydrogens is 557 g/mol. The third-order valence-corrected chi connectivity index (χ3v) is 24.8. The van der Waals surface area contributed by atoms with E-state index < -0.39 is 21.0 Å². The largest absolute Gasteiger partial charge is 0.407 e. The van der Waals surface area contributed by atoms with Gasteiger partial charge in [-0.05, 0) is 61.5 Å². The normalized spacial score (nSPS) is 13.4. The molecule has 0 radical (unpaired) electrons. The van der Waals surface area contributed by atoms with Gasteiger partial charge in [0.2, 0.25) is 0 Å². The SMILES string of the molecule is CCC(Cc1ccccc1)(O[Si](C)(C)[Si](C)(C)C)C(=O)c1ccc(Sc2ccc(C(=O)c3ccccc3)cc2)cc1. The maximum absolute atomic E-state index is 14.3. The van der Waals surface area contributed by atoms with Crippen LogP contribution in [0.2, 0.25) is 32.7 Å². The van der Waals surface area contributed by atoms with E-state index in [1.54, 1.807) is 11.8 Å². The quantitative estimate of drug-likeness (QED) is 0.121. The Morgan fingerprint density at radius 2 is 1.12 bits per heavy atom. The zero-order chi connectivity index (χ0) is 29.7. The third-order valence-electron chi connectivity index (χ3n) is 8.08. The van der Waals surface area contributed by atoms with E-state index in [0.29, 0.717) is 29.5 Å². The van der Waals surface area contributed by atoms with Crippen molar-refractivity contribution in [3.05, 3.63) is 131 Å².